The number of halogens is 1. The van der Waals surface area contributed by atoms with Crippen molar-refractivity contribution in [1.82, 2.24) is 10.3 Å². The molecule has 0 aliphatic rings. The number of aromatic amines is 1. The quantitative estimate of drug-likeness (QED) is 0.909. The van der Waals surface area contributed by atoms with E-state index in [9.17, 15) is 9.59 Å². The second-order valence-electron chi connectivity index (χ2n) is 4.23. The Labute approximate surface area is 118 Å². The lowest BCUT2D eigenvalue weighted by molar-refractivity contribution is 0.0921. The van der Waals surface area contributed by atoms with E-state index in [2.05, 4.69) is 26.2 Å². The van der Waals surface area contributed by atoms with Crippen molar-refractivity contribution in [2.75, 3.05) is 0 Å². The van der Waals surface area contributed by atoms with Crippen LogP contribution in [0.3, 0.4) is 0 Å². The van der Waals surface area contributed by atoms with Gasteiger partial charge in [-0.2, -0.15) is 0 Å². The van der Waals surface area contributed by atoms with E-state index in [1.54, 1.807) is 12.1 Å². The number of carbonyl (C=O) groups excluding carboxylic acids is 1. The van der Waals surface area contributed by atoms with Crippen molar-refractivity contribution in [3.05, 3.63) is 55.8 Å². The van der Waals surface area contributed by atoms with Gasteiger partial charge in [0, 0.05) is 17.8 Å². The fraction of sp³-hybridized carbons (Fsp3) is 0.231. The number of rotatable bonds is 3. The molecule has 0 unspecified atom stereocenters. The summed E-state index contributed by atoms with van der Waals surface area (Å²) in [5, 5.41) is 2.66. The highest BCUT2D eigenvalue weighted by atomic mass is 79.9. The molecule has 0 aliphatic heterocycles. The van der Waals surface area contributed by atoms with E-state index in [4.69, 9.17) is 4.42 Å². The summed E-state index contributed by atoms with van der Waals surface area (Å²) >= 11 is 3.13. The van der Waals surface area contributed by atoms with Gasteiger partial charge in [0.25, 0.3) is 11.5 Å². The summed E-state index contributed by atoms with van der Waals surface area (Å²) in [5.74, 6) is -0.154. The van der Waals surface area contributed by atoms with Crippen LogP contribution in [0.4, 0.5) is 0 Å². The van der Waals surface area contributed by atoms with Gasteiger partial charge in [-0.3, -0.25) is 9.59 Å². The Balaban J connectivity index is 2.11. The molecule has 2 rings (SSSR count). The number of nitrogens with one attached hydrogen (secondary N) is 2. The van der Waals surface area contributed by atoms with Crippen molar-refractivity contribution in [1.29, 1.82) is 0 Å². The van der Waals surface area contributed by atoms with Crippen LogP contribution in [0.15, 0.2) is 32.1 Å². The van der Waals surface area contributed by atoms with Gasteiger partial charge in [-0.25, -0.2) is 0 Å². The summed E-state index contributed by atoms with van der Waals surface area (Å²) in [6, 6.07) is 5.07. The second kappa shape index (κ2) is 5.44. The number of aryl methyl sites for hydroxylation is 2. The van der Waals surface area contributed by atoms with E-state index in [-0.39, 0.29) is 23.8 Å². The van der Waals surface area contributed by atoms with Gasteiger partial charge < -0.3 is 14.7 Å². The Morgan fingerprint density at radius 1 is 1.42 bits per heavy atom. The van der Waals surface area contributed by atoms with Crippen LogP contribution in [-0.2, 0) is 6.54 Å². The van der Waals surface area contributed by atoms with Crippen molar-refractivity contribution < 1.29 is 9.21 Å². The number of pyridine rings is 1. The maximum absolute atomic E-state index is 11.8. The van der Waals surface area contributed by atoms with E-state index in [0.29, 0.717) is 10.2 Å². The number of aromatic nitrogens is 1. The molecule has 2 heterocycles. The van der Waals surface area contributed by atoms with Gasteiger partial charge >= 0.3 is 0 Å². The van der Waals surface area contributed by atoms with Crippen molar-refractivity contribution >= 4 is 21.8 Å². The Morgan fingerprint density at radius 2 is 2.16 bits per heavy atom. The van der Waals surface area contributed by atoms with Gasteiger partial charge in [-0.15, -0.1) is 0 Å². The lowest BCUT2D eigenvalue weighted by Gasteiger charge is -2.07. The Bertz CT molecular complexity index is 673. The largest absolute Gasteiger partial charge is 0.444 e. The zero-order chi connectivity index (χ0) is 14.0. The lowest BCUT2D eigenvalue weighted by atomic mass is 10.1. The van der Waals surface area contributed by atoms with Crippen molar-refractivity contribution in [3.63, 3.8) is 0 Å². The first kappa shape index (κ1) is 13.6. The van der Waals surface area contributed by atoms with Gasteiger partial charge in [-0.1, -0.05) is 0 Å². The van der Waals surface area contributed by atoms with Gasteiger partial charge in [0.05, 0.1) is 0 Å². The standard InChI is InChI=1S/C13H13BrN2O3/c1-7-5-8(2)16-12(17)9(7)6-15-13(18)10-3-4-11(14)19-10/h3-5H,6H2,1-2H3,(H,15,18)(H,16,17). The summed E-state index contributed by atoms with van der Waals surface area (Å²) in [5.41, 5.74) is 2.01. The third-order valence-electron chi connectivity index (χ3n) is 2.72. The molecule has 0 fully saturated rings. The lowest BCUT2D eigenvalue weighted by Crippen LogP contribution is -2.27. The number of hydrogen-bond donors (Lipinski definition) is 2. The van der Waals surface area contributed by atoms with Crippen LogP contribution in [0.5, 0.6) is 0 Å². The van der Waals surface area contributed by atoms with Crippen LogP contribution >= 0.6 is 15.9 Å². The molecule has 2 N–H and O–H groups in total. The normalized spacial score (nSPS) is 10.5. The molecule has 2 aromatic heterocycles. The summed E-state index contributed by atoms with van der Waals surface area (Å²) in [6.45, 7) is 3.82. The number of furan rings is 1. The highest BCUT2D eigenvalue weighted by Gasteiger charge is 2.12. The van der Waals surface area contributed by atoms with Crippen LogP contribution < -0.4 is 10.9 Å². The molecular formula is C13H13BrN2O3. The van der Waals surface area contributed by atoms with E-state index >= 15 is 0 Å². The minimum Gasteiger partial charge on any atom is -0.444 e. The highest BCUT2D eigenvalue weighted by molar-refractivity contribution is 9.10. The molecule has 0 aromatic carbocycles. The first-order chi connectivity index (χ1) is 8.97. The Kier molecular flexibility index (Phi) is 3.90. The number of H-pyrrole nitrogens is 1. The minimum atomic E-state index is -0.356. The smallest absolute Gasteiger partial charge is 0.287 e. The molecule has 19 heavy (non-hydrogen) atoms. The van der Waals surface area contributed by atoms with Gasteiger partial charge in [0.15, 0.2) is 10.4 Å². The topological polar surface area (TPSA) is 75.1 Å². The number of carbonyl (C=O) groups is 1. The summed E-state index contributed by atoms with van der Waals surface area (Å²) in [6.07, 6.45) is 0. The molecule has 0 saturated heterocycles. The van der Waals surface area contributed by atoms with Crippen LogP contribution in [0, 0.1) is 13.8 Å². The number of hydrogen-bond acceptors (Lipinski definition) is 3. The van der Waals surface area contributed by atoms with Crippen molar-refractivity contribution in [2.24, 2.45) is 0 Å². The zero-order valence-electron chi connectivity index (χ0n) is 10.5. The summed E-state index contributed by atoms with van der Waals surface area (Å²) < 4.78 is 5.62. The molecule has 0 bridgehead atoms. The molecule has 0 radical (unpaired) electrons. The highest BCUT2D eigenvalue weighted by Crippen LogP contribution is 2.14. The van der Waals surface area contributed by atoms with E-state index in [1.165, 1.54) is 0 Å². The Morgan fingerprint density at radius 3 is 2.74 bits per heavy atom. The average Bonchev–Trinajstić information content (AvgIpc) is 2.74. The van der Waals surface area contributed by atoms with E-state index in [0.717, 1.165) is 11.3 Å². The molecule has 1 amide bonds. The van der Waals surface area contributed by atoms with Crippen LogP contribution in [-0.4, -0.2) is 10.9 Å². The molecule has 0 aliphatic carbocycles. The molecule has 0 spiro atoms. The van der Waals surface area contributed by atoms with Crippen molar-refractivity contribution in [2.45, 2.75) is 20.4 Å². The molecule has 6 heteroatoms. The fourth-order valence-corrected chi connectivity index (χ4v) is 2.10. The molecule has 100 valence electrons. The minimum absolute atomic E-state index is 0.165. The monoisotopic (exact) mass is 324 g/mol. The zero-order valence-corrected chi connectivity index (χ0v) is 12.1. The first-order valence-electron chi connectivity index (χ1n) is 5.70. The van der Waals surface area contributed by atoms with Gasteiger partial charge in [0.1, 0.15) is 0 Å². The van der Waals surface area contributed by atoms with E-state index in [1.807, 2.05) is 19.9 Å². The summed E-state index contributed by atoms with van der Waals surface area (Å²) in [4.78, 5) is 26.3. The third kappa shape index (κ3) is 3.14. The average molecular weight is 325 g/mol. The first-order valence-corrected chi connectivity index (χ1v) is 6.49. The molecule has 0 saturated carbocycles. The second-order valence-corrected chi connectivity index (χ2v) is 5.01. The SMILES string of the molecule is Cc1cc(C)c(CNC(=O)c2ccc(Br)o2)c(=O)[nH]1. The van der Waals surface area contributed by atoms with Gasteiger partial charge in [0.2, 0.25) is 0 Å². The predicted octanol–water partition coefficient (Wildman–Crippen LogP) is 2.28. The van der Waals surface area contributed by atoms with Crippen LogP contribution in [0.1, 0.15) is 27.4 Å². The maximum Gasteiger partial charge on any atom is 0.287 e. The van der Waals surface area contributed by atoms with E-state index < -0.39 is 0 Å². The Hall–Kier alpha value is -1.82. The summed E-state index contributed by atoms with van der Waals surface area (Å²) in [7, 11) is 0. The molecule has 2 aromatic rings. The molecule has 5 nitrogen and oxygen atoms in total. The predicted molar refractivity (Wildman–Crippen MR) is 74.1 cm³/mol. The number of amides is 1. The van der Waals surface area contributed by atoms with Crippen LogP contribution in [0.25, 0.3) is 0 Å². The maximum atomic E-state index is 11.8. The fourth-order valence-electron chi connectivity index (χ4n) is 1.79. The van der Waals surface area contributed by atoms with Crippen LogP contribution in [0.2, 0.25) is 0 Å². The third-order valence-corrected chi connectivity index (χ3v) is 3.14. The molecule has 0 atom stereocenters. The molecular weight excluding hydrogens is 312 g/mol. The van der Waals surface area contributed by atoms with Crippen molar-refractivity contribution in [3.8, 4) is 0 Å². The van der Waals surface area contributed by atoms with Gasteiger partial charge in [-0.05, 0) is 53.5 Å².